The molecule has 0 aliphatic heterocycles. The fraction of sp³-hybridized carbons (Fsp3) is 0.400. The van der Waals surface area contributed by atoms with Crippen molar-refractivity contribution in [2.45, 2.75) is 27.2 Å². The van der Waals surface area contributed by atoms with Gasteiger partial charge in [0.05, 0.1) is 5.69 Å². The number of thiazole rings is 1. The molecule has 1 aliphatic rings. The molecule has 18 heavy (non-hydrogen) atoms. The molecule has 0 unspecified atom stereocenters. The van der Waals surface area contributed by atoms with Crippen LogP contribution in [-0.4, -0.2) is 11.5 Å². The van der Waals surface area contributed by atoms with Gasteiger partial charge in [-0.3, -0.25) is 0 Å². The van der Waals surface area contributed by atoms with Gasteiger partial charge in [-0.2, -0.15) is 0 Å². The van der Waals surface area contributed by atoms with Crippen molar-refractivity contribution >= 4 is 16.5 Å². The van der Waals surface area contributed by atoms with Crippen LogP contribution in [0.15, 0.2) is 18.2 Å². The summed E-state index contributed by atoms with van der Waals surface area (Å²) in [6.45, 7) is 7.57. The summed E-state index contributed by atoms with van der Waals surface area (Å²) in [4.78, 5) is 6.16. The monoisotopic (exact) mass is 258 g/mol. The number of fused-ring (bicyclic) bond motifs is 3. The van der Waals surface area contributed by atoms with Crippen molar-refractivity contribution in [2.24, 2.45) is 5.92 Å². The number of aromatic nitrogens is 1. The van der Waals surface area contributed by atoms with Crippen LogP contribution in [0.2, 0.25) is 0 Å². The van der Waals surface area contributed by atoms with E-state index < -0.39 is 0 Å². The zero-order valence-electron chi connectivity index (χ0n) is 11.1. The van der Waals surface area contributed by atoms with Gasteiger partial charge in [0.1, 0.15) is 0 Å². The Hall–Kier alpha value is -1.35. The summed E-state index contributed by atoms with van der Waals surface area (Å²) in [6, 6.07) is 6.68. The van der Waals surface area contributed by atoms with Crippen molar-refractivity contribution in [2.75, 3.05) is 11.9 Å². The van der Waals surface area contributed by atoms with Crippen LogP contribution in [0.1, 0.15) is 29.9 Å². The van der Waals surface area contributed by atoms with Gasteiger partial charge in [-0.05, 0) is 24.5 Å². The lowest BCUT2D eigenvalue weighted by atomic mass is 10.1. The van der Waals surface area contributed by atoms with Crippen LogP contribution in [0.5, 0.6) is 0 Å². The third-order valence-corrected chi connectivity index (χ3v) is 4.24. The molecule has 3 heteroatoms. The fourth-order valence-corrected chi connectivity index (χ4v) is 3.29. The number of hydrogen-bond acceptors (Lipinski definition) is 3. The summed E-state index contributed by atoms with van der Waals surface area (Å²) in [5.41, 5.74) is 5.26. The van der Waals surface area contributed by atoms with Crippen LogP contribution in [0.25, 0.3) is 11.3 Å². The van der Waals surface area contributed by atoms with Crippen molar-refractivity contribution in [3.05, 3.63) is 34.2 Å². The zero-order chi connectivity index (χ0) is 12.7. The smallest absolute Gasteiger partial charge is 0.183 e. The Bertz CT molecular complexity index is 584. The lowest BCUT2D eigenvalue weighted by Crippen LogP contribution is -2.07. The van der Waals surface area contributed by atoms with Crippen LogP contribution in [0.3, 0.4) is 0 Å². The minimum absolute atomic E-state index is 0.651. The van der Waals surface area contributed by atoms with Crippen LogP contribution in [0, 0.1) is 12.8 Å². The van der Waals surface area contributed by atoms with Gasteiger partial charge in [-0.1, -0.05) is 31.5 Å². The summed E-state index contributed by atoms with van der Waals surface area (Å²) in [5, 5.41) is 4.50. The van der Waals surface area contributed by atoms with E-state index in [0.717, 1.165) is 18.1 Å². The minimum Gasteiger partial charge on any atom is -0.361 e. The summed E-state index contributed by atoms with van der Waals surface area (Å²) >= 11 is 1.80. The summed E-state index contributed by atoms with van der Waals surface area (Å²) in [5.74, 6) is 0.651. The fourth-order valence-electron chi connectivity index (χ4n) is 2.29. The van der Waals surface area contributed by atoms with E-state index in [9.17, 15) is 0 Å². The van der Waals surface area contributed by atoms with Gasteiger partial charge in [-0.15, -0.1) is 11.3 Å². The molecule has 0 saturated carbocycles. The molecule has 0 spiro atoms. The molecule has 2 aromatic rings. The third kappa shape index (κ3) is 2.03. The number of nitrogens with zero attached hydrogens (tertiary/aromatic N) is 1. The number of anilines is 1. The average molecular weight is 258 g/mol. The van der Waals surface area contributed by atoms with Crippen molar-refractivity contribution < 1.29 is 0 Å². The van der Waals surface area contributed by atoms with E-state index in [0.29, 0.717) is 5.92 Å². The molecule has 3 rings (SSSR count). The predicted octanol–water partition coefficient (Wildman–Crippen LogP) is 4.09. The van der Waals surface area contributed by atoms with Gasteiger partial charge in [0, 0.05) is 23.4 Å². The Morgan fingerprint density at radius 1 is 1.39 bits per heavy atom. The topological polar surface area (TPSA) is 24.9 Å². The zero-order valence-corrected chi connectivity index (χ0v) is 11.9. The van der Waals surface area contributed by atoms with Crippen molar-refractivity contribution in [3.63, 3.8) is 0 Å². The Morgan fingerprint density at radius 3 is 3.00 bits per heavy atom. The van der Waals surface area contributed by atoms with E-state index in [1.54, 1.807) is 11.3 Å². The highest BCUT2D eigenvalue weighted by Crippen LogP contribution is 2.41. The molecule has 1 aromatic heterocycles. The molecular weight excluding hydrogens is 240 g/mol. The van der Waals surface area contributed by atoms with E-state index in [-0.39, 0.29) is 0 Å². The molecule has 1 N–H and O–H groups in total. The first kappa shape index (κ1) is 11.7. The number of rotatable bonds is 3. The van der Waals surface area contributed by atoms with E-state index >= 15 is 0 Å². The van der Waals surface area contributed by atoms with Crippen LogP contribution >= 0.6 is 11.3 Å². The van der Waals surface area contributed by atoms with E-state index in [1.807, 2.05) is 0 Å². The van der Waals surface area contributed by atoms with Gasteiger partial charge in [0.2, 0.25) is 0 Å². The van der Waals surface area contributed by atoms with Gasteiger partial charge in [-0.25, -0.2) is 4.98 Å². The number of aryl methyl sites for hydroxylation is 1. The van der Waals surface area contributed by atoms with Crippen LogP contribution in [-0.2, 0) is 6.42 Å². The molecule has 0 saturated heterocycles. The van der Waals surface area contributed by atoms with Gasteiger partial charge in [0.25, 0.3) is 0 Å². The third-order valence-electron chi connectivity index (χ3n) is 3.23. The molecular formula is C15H18N2S. The van der Waals surface area contributed by atoms with Gasteiger partial charge in [0.15, 0.2) is 5.13 Å². The molecule has 0 amide bonds. The summed E-state index contributed by atoms with van der Waals surface area (Å²) in [6.07, 6.45) is 1.05. The molecule has 0 bridgehead atoms. The predicted molar refractivity (Wildman–Crippen MR) is 78.4 cm³/mol. The molecule has 2 nitrogen and oxygen atoms in total. The van der Waals surface area contributed by atoms with Gasteiger partial charge < -0.3 is 5.32 Å². The quantitative estimate of drug-likeness (QED) is 0.765. The Morgan fingerprint density at radius 2 is 2.22 bits per heavy atom. The average Bonchev–Trinajstić information content (AvgIpc) is 2.84. The summed E-state index contributed by atoms with van der Waals surface area (Å²) < 4.78 is 0. The Balaban J connectivity index is 1.90. The highest BCUT2D eigenvalue weighted by Gasteiger charge is 2.23. The van der Waals surface area contributed by atoms with Crippen LogP contribution in [0.4, 0.5) is 5.13 Å². The molecule has 0 radical (unpaired) electrons. The summed E-state index contributed by atoms with van der Waals surface area (Å²) in [7, 11) is 0. The first-order valence-corrected chi connectivity index (χ1v) is 7.28. The molecule has 1 aliphatic carbocycles. The lowest BCUT2D eigenvalue weighted by Gasteiger charge is -2.05. The molecule has 0 fully saturated rings. The normalized spacial score (nSPS) is 12.7. The Labute approximate surface area is 112 Å². The number of nitrogens with one attached hydrogen (secondary N) is 1. The standard InChI is InChI=1S/C15H18N2S/c1-9(2)8-16-15-17-14-12-6-10(3)4-5-11(12)7-13(14)18-15/h4-6,9H,7-8H2,1-3H3,(H,16,17). The second-order valence-electron chi connectivity index (χ2n) is 5.40. The molecule has 1 heterocycles. The minimum atomic E-state index is 0.651. The molecule has 1 aromatic carbocycles. The first-order chi connectivity index (χ1) is 8.63. The second-order valence-corrected chi connectivity index (χ2v) is 6.49. The van der Waals surface area contributed by atoms with Crippen molar-refractivity contribution in [1.82, 2.24) is 4.98 Å². The largest absolute Gasteiger partial charge is 0.361 e. The van der Waals surface area contributed by atoms with E-state index in [1.165, 1.54) is 27.3 Å². The highest BCUT2D eigenvalue weighted by atomic mass is 32.1. The van der Waals surface area contributed by atoms with Gasteiger partial charge >= 0.3 is 0 Å². The van der Waals surface area contributed by atoms with Crippen LogP contribution < -0.4 is 5.32 Å². The lowest BCUT2D eigenvalue weighted by molar-refractivity contribution is 0.688. The van der Waals surface area contributed by atoms with E-state index in [4.69, 9.17) is 4.98 Å². The SMILES string of the molecule is Cc1ccc2c(c1)-c1nc(NCC(C)C)sc1C2. The molecule has 94 valence electrons. The maximum Gasteiger partial charge on any atom is 0.183 e. The number of benzene rings is 1. The first-order valence-electron chi connectivity index (χ1n) is 6.47. The maximum atomic E-state index is 4.75. The number of hydrogen-bond donors (Lipinski definition) is 1. The molecule has 0 atom stereocenters. The maximum absolute atomic E-state index is 4.75. The Kier molecular flexibility index (Phi) is 2.86. The highest BCUT2D eigenvalue weighted by molar-refractivity contribution is 7.16. The van der Waals surface area contributed by atoms with Crippen molar-refractivity contribution in [1.29, 1.82) is 0 Å². The second kappa shape index (κ2) is 4.39. The van der Waals surface area contributed by atoms with E-state index in [2.05, 4.69) is 44.3 Å². The van der Waals surface area contributed by atoms with Crippen molar-refractivity contribution in [3.8, 4) is 11.3 Å².